The van der Waals surface area contributed by atoms with Crippen molar-refractivity contribution in [2.75, 3.05) is 0 Å². The van der Waals surface area contributed by atoms with Gasteiger partial charge in [-0.25, -0.2) is 0 Å². The normalized spacial score (nSPS) is 10.5. The summed E-state index contributed by atoms with van der Waals surface area (Å²) in [6.07, 6.45) is 3.77. The molecule has 0 aromatic heterocycles. The number of hydrogen-bond acceptors (Lipinski definition) is 0. The summed E-state index contributed by atoms with van der Waals surface area (Å²) in [4.78, 5) is 0. The maximum atomic E-state index is 3.62. The van der Waals surface area contributed by atoms with E-state index in [0.29, 0.717) is 0 Å². The second-order valence-electron chi connectivity index (χ2n) is 3.58. The Morgan fingerprint density at radius 2 is 1.92 bits per heavy atom. The molecule has 0 N–H and O–H groups in total. The first-order valence-corrected chi connectivity index (χ1v) is 5.70. The average Bonchev–Trinajstić information content (AvgIpc) is 2.13. The van der Waals surface area contributed by atoms with Crippen molar-refractivity contribution in [1.82, 2.24) is 0 Å². The zero-order chi connectivity index (χ0) is 9.84. The van der Waals surface area contributed by atoms with Crippen molar-refractivity contribution in [3.8, 4) is 0 Å². The topological polar surface area (TPSA) is 0 Å². The molecule has 0 fully saturated rings. The van der Waals surface area contributed by atoms with Gasteiger partial charge in [0.05, 0.1) is 0 Å². The molecule has 0 nitrogen and oxygen atoms in total. The van der Waals surface area contributed by atoms with Crippen LogP contribution in [0.15, 0.2) is 16.6 Å². The lowest BCUT2D eigenvalue weighted by Gasteiger charge is -2.09. The summed E-state index contributed by atoms with van der Waals surface area (Å²) >= 11 is 3.62. The monoisotopic (exact) mass is 240 g/mol. The van der Waals surface area contributed by atoms with E-state index in [2.05, 4.69) is 48.8 Å². The van der Waals surface area contributed by atoms with Gasteiger partial charge in [0.15, 0.2) is 0 Å². The maximum Gasteiger partial charge on any atom is 0.0236 e. The molecule has 0 aliphatic carbocycles. The average molecular weight is 241 g/mol. The summed E-state index contributed by atoms with van der Waals surface area (Å²) in [6.45, 7) is 6.57. The minimum Gasteiger partial charge on any atom is -0.0654 e. The number of benzene rings is 1. The first kappa shape index (κ1) is 10.8. The molecule has 1 heteroatoms. The lowest BCUT2D eigenvalue weighted by atomic mass is 10.0. The lowest BCUT2D eigenvalue weighted by Crippen LogP contribution is -1.92. The van der Waals surface area contributed by atoms with E-state index in [9.17, 15) is 0 Å². The smallest absolute Gasteiger partial charge is 0.0236 e. The number of aryl methyl sites for hydroxylation is 2. The Bertz CT molecular complexity index is 289. The Labute approximate surface area is 89.5 Å². The van der Waals surface area contributed by atoms with Crippen LogP contribution in [0, 0.1) is 13.8 Å². The summed E-state index contributed by atoms with van der Waals surface area (Å²) in [5.74, 6) is 0. The predicted octanol–water partition coefficient (Wildman–Crippen LogP) is 4.41. The highest BCUT2D eigenvalue weighted by Crippen LogP contribution is 2.24. The summed E-state index contributed by atoms with van der Waals surface area (Å²) in [6, 6.07) is 4.45. The molecular weight excluding hydrogens is 224 g/mol. The fraction of sp³-hybridized carbons (Fsp3) is 0.500. The van der Waals surface area contributed by atoms with Crippen molar-refractivity contribution in [3.63, 3.8) is 0 Å². The molecule has 0 atom stereocenters. The van der Waals surface area contributed by atoms with Gasteiger partial charge in [0.2, 0.25) is 0 Å². The second kappa shape index (κ2) is 4.80. The Balaban J connectivity index is 2.90. The highest BCUT2D eigenvalue weighted by Gasteiger charge is 2.03. The summed E-state index contributed by atoms with van der Waals surface area (Å²) < 4.78 is 1.28. The molecule has 72 valence electrons. The van der Waals surface area contributed by atoms with Crippen molar-refractivity contribution in [2.24, 2.45) is 0 Å². The van der Waals surface area contributed by atoms with Crippen molar-refractivity contribution in [3.05, 3.63) is 33.3 Å². The van der Waals surface area contributed by atoms with E-state index >= 15 is 0 Å². The fourth-order valence-electron chi connectivity index (χ4n) is 1.50. The molecule has 0 saturated carbocycles. The van der Waals surface area contributed by atoms with E-state index in [4.69, 9.17) is 0 Å². The van der Waals surface area contributed by atoms with Gasteiger partial charge in [-0.1, -0.05) is 41.4 Å². The van der Waals surface area contributed by atoms with Crippen LogP contribution in [0.5, 0.6) is 0 Å². The van der Waals surface area contributed by atoms with Crippen LogP contribution in [-0.4, -0.2) is 0 Å². The first-order valence-electron chi connectivity index (χ1n) is 4.91. The molecule has 1 aromatic carbocycles. The molecule has 1 rings (SSSR count). The van der Waals surface area contributed by atoms with Crippen LogP contribution in [0.3, 0.4) is 0 Å². The van der Waals surface area contributed by atoms with Gasteiger partial charge in [0.1, 0.15) is 0 Å². The Hall–Kier alpha value is -0.300. The van der Waals surface area contributed by atoms with Gasteiger partial charge in [-0.05, 0) is 43.4 Å². The van der Waals surface area contributed by atoms with Crippen LogP contribution in [0.25, 0.3) is 0 Å². The minimum atomic E-state index is 1.21. The summed E-state index contributed by atoms with van der Waals surface area (Å²) in [5, 5.41) is 0. The van der Waals surface area contributed by atoms with Crippen LogP contribution < -0.4 is 0 Å². The molecule has 0 saturated heterocycles. The maximum absolute atomic E-state index is 3.62. The zero-order valence-corrected chi connectivity index (χ0v) is 10.2. The SMILES string of the molecule is CCCCc1ccc(C)c(Br)c1C. The van der Waals surface area contributed by atoms with Gasteiger partial charge in [0, 0.05) is 4.47 Å². The van der Waals surface area contributed by atoms with Crippen LogP contribution in [-0.2, 0) is 6.42 Å². The molecule has 13 heavy (non-hydrogen) atoms. The Morgan fingerprint density at radius 1 is 1.23 bits per heavy atom. The molecule has 0 unspecified atom stereocenters. The van der Waals surface area contributed by atoms with Gasteiger partial charge in [0.25, 0.3) is 0 Å². The molecule has 0 amide bonds. The standard InChI is InChI=1S/C12H17Br/c1-4-5-6-11-8-7-9(2)12(13)10(11)3/h7-8H,4-6H2,1-3H3. The van der Waals surface area contributed by atoms with E-state index in [1.165, 1.54) is 40.4 Å². The minimum absolute atomic E-state index is 1.21. The number of halogens is 1. The van der Waals surface area contributed by atoms with Crippen LogP contribution in [0.2, 0.25) is 0 Å². The number of hydrogen-bond donors (Lipinski definition) is 0. The van der Waals surface area contributed by atoms with E-state index < -0.39 is 0 Å². The molecule has 0 heterocycles. The van der Waals surface area contributed by atoms with E-state index in [0.717, 1.165) is 0 Å². The van der Waals surface area contributed by atoms with E-state index in [-0.39, 0.29) is 0 Å². The number of unbranched alkanes of at least 4 members (excludes halogenated alkanes) is 1. The van der Waals surface area contributed by atoms with Crippen molar-refractivity contribution in [2.45, 2.75) is 40.0 Å². The predicted molar refractivity (Wildman–Crippen MR) is 62.2 cm³/mol. The van der Waals surface area contributed by atoms with Crippen molar-refractivity contribution >= 4 is 15.9 Å². The second-order valence-corrected chi connectivity index (χ2v) is 4.38. The Kier molecular flexibility index (Phi) is 3.98. The molecule has 0 bridgehead atoms. The van der Waals surface area contributed by atoms with Crippen LogP contribution in [0.4, 0.5) is 0 Å². The summed E-state index contributed by atoms with van der Waals surface area (Å²) in [5.41, 5.74) is 4.23. The van der Waals surface area contributed by atoms with Gasteiger partial charge in [-0.2, -0.15) is 0 Å². The molecule has 1 aromatic rings. The third-order valence-electron chi connectivity index (χ3n) is 2.49. The molecule has 0 radical (unpaired) electrons. The third-order valence-corrected chi connectivity index (χ3v) is 3.71. The molecular formula is C12H17Br. The van der Waals surface area contributed by atoms with Gasteiger partial charge >= 0.3 is 0 Å². The van der Waals surface area contributed by atoms with Gasteiger partial charge in [-0.3, -0.25) is 0 Å². The fourth-order valence-corrected chi connectivity index (χ4v) is 1.89. The van der Waals surface area contributed by atoms with Crippen molar-refractivity contribution < 1.29 is 0 Å². The largest absolute Gasteiger partial charge is 0.0654 e. The molecule has 0 aliphatic rings. The highest BCUT2D eigenvalue weighted by atomic mass is 79.9. The zero-order valence-electron chi connectivity index (χ0n) is 8.65. The quantitative estimate of drug-likeness (QED) is 0.735. The molecule has 0 aliphatic heterocycles. The van der Waals surface area contributed by atoms with Crippen LogP contribution in [0.1, 0.15) is 36.5 Å². The van der Waals surface area contributed by atoms with Gasteiger partial charge in [-0.15, -0.1) is 0 Å². The first-order chi connectivity index (χ1) is 6.16. The van der Waals surface area contributed by atoms with Gasteiger partial charge < -0.3 is 0 Å². The number of rotatable bonds is 3. The van der Waals surface area contributed by atoms with Crippen molar-refractivity contribution in [1.29, 1.82) is 0 Å². The van der Waals surface area contributed by atoms with E-state index in [1.807, 2.05) is 0 Å². The van der Waals surface area contributed by atoms with Crippen LogP contribution >= 0.6 is 15.9 Å². The molecule has 0 spiro atoms. The summed E-state index contributed by atoms with van der Waals surface area (Å²) in [7, 11) is 0. The third kappa shape index (κ3) is 2.57. The Morgan fingerprint density at radius 3 is 2.54 bits per heavy atom. The highest BCUT2D eigenvalue weighted by molar-refractivity contribution is 9.10. The lowest BCUT2D eigenvalue weighted by molar-refractivity contribution is 0.790. The van der Waals surface area contributed by atoms with E-state index in [1.54, 1.807) is 0 Å².